The Morgan fingerprint density at radius 2 is 2.13 bits per heavy atom. The first kappa shape index (κ1) is 15.7. The summed E-state index contributed by atoms with van der Waals surface area (Å²) in [5, 5.41) is 2.85. The van der Waals surface area contributed by atoms with Crippen LogP contribution in [0.15, 0.2) is 29.2 Å². The molecule has 2 aromatic heterocycles. The van der Waals surface area contributed by atoms with Gasteiger partial charge in [-0.05, 0) is 57.1 Å². The van der Waals surface area contributed by atoms with E-state index < -0.39 is 0 Å². The molecule has 1 fully saturated rings. The van der Waals surface area contributed by atoms with E-state index >= 15 is 0 Å². The van der Waals surface area contributed by atoms with Gasteiger partial charge in [-0.15, -0.1) is 0 Å². The van der Waals surface area contributed by atoms with E-state index in [1.165, 1.54) is 17.4 Å². The van der Waals surface area contributed by atoms with Crippen LogP contribution in [0.2, 0.25) is 0 Å². The van der Waals surface area contributed by atoms with E-state index in [-0.39, 0.29) is 17.0 Å². The molecule has 6 heteroatoms. The molecule has 0 aliphatic carbocycles. The van der Waals surface area contributed by atoms with E-state index in [1.807, 2.05) is 6.07 Å². The lowest BCUT2D eigenvalue weighted by Gasteiger charge is -2.14. The zero-order valence-corrected chi connectivity index (χ0v) is 13.4. The maximum Gasteiger partial charge on any atom is 0.263 e. The first-order valence-electron chi connectivity index (χ1n) is 8.12. The third-order valence-electron chi connectivity index (χ3n) is 4.37. The van der Waals surface area contributed by atoms with Crippen molar-refractivity contribution in [3.05, 3.63) is 40.3 Å². The summed E-state index contributed by atoms with van der Waals surface area (Å²) in [6.07, 6.45) is 5.10. The molecule has 0 saturated carbocycles. The number of carbonyl (C=O) groups excluding carboxylic acids is 1. The predicted octanol–water partition coefficient (Wildman–Crippen LogP) is 1.15. The summed E-state index contributed by atoms with van der Waals surface area (Å²) in [7, 11) is 1.66. The Kier molecular flexibility index (Phi) is 4.71. The number of likely N-dealkylation sites (tertiary alicyclic amines) is 1. The molecule has 1 aliphatic rings. The van der Waals surface area contributed by atoms with Gasteiger partial charge in [-0.3, -0.25) is 14.6 Å². The van der Waals surface area contributed by atoms with Crippen LogP contribution in [0.25, 0.3) is 11.0 Å². The number of nitrogens with zero attached hydrogens (tertiary/aromatic N) is 3. The van der Waals surface area contributed by atoms with Gasteiger partial charge in [0.25, 0.3) is 11.5 Å². The number of aryl methyl sites for hydroxylation is 1. The van der Waals surface area contributed by atoms with E-state index in [0.29, 0.717) is 12.1 Å². The fraction of sp³-hybridized carbons (Fsp3) is 0.471. The van der Waals surface area contributed by atoms with Crippen molar-refractivity contribution in [2.24, 2.45) is 7.05 Å². The first-order chi connectivity index (χ1) is 11.2. The number of rotatable bonds is 5. The quantitative estimate of drug-likeness (QED) is 0.841. The Labute approximate surface area is 135 Å². The molecular formula is C17H22N4O2. The van der Waals surface area contributed by atoms with Crippen LogP contribution in [0.1, 0.15) is 29.6 Å². The summed E-state index contributed by atoms with van der Waals surface area (Å²) in [6.45, 7) is 3.89. The van der Waals surface area contributed by atoms with Crippen molar-refractivity contribution in [3.63, 3.8) is 0 Å². The number of hydrogen-bond donors (Lipinski definition) is 1. The van der Waals surface area contributed by atoms with Gasteiger partial charge in [-0.2, -0.15) is 0 Å². The third-order valence-corrected chi connectivity index (χ3v) is 4.37. The topological polar surface area (TPSA) is 67.2 Å². The Hall–Kier alpha value is -2.21. The molecule has 1 saturated heterocycles. The van der Waals surface area contributed by atoms with E-state index in [2.05, 4.69) is 15.2 Å². The molecule has 1 N–H and O–H groups in total. The van der Waals surface area contributed by atoms with Gasteiger partial charge in [0.1, 0.15) is 5.56 Å². The average Bonchev–Trinajstić information content (AvgIpc) is 3.08. The zero-order valence-electron chi connectivity index (χ0n) is 13.4. The molecule has 3 heterocycles. The number of aromatic nitrogens is 2. The minimum absolute atomic E-state index is 0.153. The van der Waals surface area contributed by atoms with Crippen LogP contribution in [0.4, 0.5) is 0 Å². The lowest BCUT2D eigenvalue weighted by Crippen LogP contribution is -2.34. The summed E-state index contributed by atoms with van der Waals surface area (Å²) < 4.78 is 1.47. The van der Waals surface area contributed by atoms with Crippen LogP contribution in [0, 0.1) is 0 Å². The molecule has 0 atom stereocenters. The number of pyridine rings is 2. The summed E-state index contributed by atoms with van der Waals surface area (Å²) in [4.78, 5) is 31.3. The van der Waals surface area contributed by atoms with Gasteiger partial charge in [0.2, 0.25) is 0 Å². The van der Waals surface area contributed by atoms with Crippen molar-refractivity contribution in [2.75, 3.05) is 26.2 Å². The highest BCUT2D eigenvalue weighted by atomic mass is 16.2. The second-order valence-corrected chi connectivity index (χ2v) is 5.99. The lowest BCUT2D eigenvalue weighted by atomic mass is 10.2. The fourth-order valence-electron chi connectivity index (χ4n) is 3.06. The van der Waals surface area contributed by atoms with E-state index in [0.717, 1.165) is 31.6 Å². The van der Waals surface area contributed by atoms with Crippen LogP contribution >= 0.6 is 0 Å². The second-order valence-electron chi connectivity index (χ2n) is 5.99. The molecule has 0 aromatic carbocycles. The zero-order chi connectivity index (χ0) is 16.2. The minimum atomic E-state index is -0.320. The number of hydrogen-bond acceptors (Lipinski definition) is 4. The van der Waals surface area contributed by atoms with Crippen LogP contribution < -0.4 is 10.9 Å². The molecule has 0 bridgehead atoms. The summed E-state index contributed by atoms with van der Waals surface area (Å²) in [6, 6.07) is 5.18. The van der Waals surface area contributed by atoms with E-state index in [1.54, 1.807) is 25.4 Å². The number of carbonyl (C=O) groups is 1. The van der Waals surface area contributed by atoms with Crippen LogP contribution in [0.5, 0.6) is 0 Å². The number of fused-ring (bicyclic) bond motifs is 1. The minimum Gasteiger partial charge on any atom is -0.352 e. The molecule has 0 unspecified atom stereocenters. The number of nitrogens with one attached hydrogen (secondary N) is 1. The van der Waals surface area contributed by atoms with Crippen molar-refractivity contribution in [1.82, 2.24) is 19.8 Å². The van der Waals surface area contributed by atoms with Gasteiger partial charge >= 0.3 is 0 Å². The van der Waals surface area contributed by atoms with Crippen LogP contribution in [0.3, 0.4) is 0 Å². The van der Waals surface area contributed by atoms with Gasteiger partial charge in [-0.1, -0.05) is 0 Å². The standard InChI is InChI=1S/C17H22N4O2/c1-20-15-6-4-7-18-14(15)12-13(17(20)23)16(22)19-8-5-11-21-9-2-3-10-21/h4,6-7,12H,2-3,5,8-11H2,1H3,(H,19,22). The van der Waals surface area contributed by atoms with Gasteiger partial charge < -0.3 is 14.8 Å². The van der Waals surface area contributed by atoms with E-state index in [4.69, 9.17) is 0 Å². The maximum atomic E-state index is 12.3. The molecule has 2 aromatic rings. The van der Waals surface area contributed by atoms with Gasteiger partial charge in [0, 0.05) is 19.8 Å². The SMILES string of the molecule is Cn1c(=O)c(C(=O)NCCCN2CCCC2)cc2ncccc21. The highest BCUT2D eigenvalue weighted by Gasteiger charge is 2.15. The normalized spacial score (nSPS) is 15.2. The van der Waals surface area contributed by atoms with Crippen LogP contribution in [-0.2, 0) is 7.05 Å². The number of amides is 1. The van der Waals surface area contributed by atoms with Crippen molar-refractivity contribution in [3.8, 4) is 0 Å². The maximum absolute atomic E-state index is 12.3. The predicted molar refractivity (Wildman–Crippen MR) is 89.6 cm³/mol. The van der Waals surface area contributed by atoms with Gasteiger partial charge in [-0.25, -0.2) is 0 Å². The Bertz CT molecular complexity index is 763. The van der Waals surface area contributed by atoms with Crippen molar-refractivity contribution in [2.45, 2.75) is 19.3 Å². The summed E-state index contributed by atoms with van der Waals surface area (Å²) in [5.74, 6) is -0.320. The second kappa shape index (κ2) is 6.91. The lowest BCUT2D eigenvalue weighted by molar-refractivity contribution is 0.0950. The largest absolute Gasteiger partial charge is 0.352 e. The molecule has 122 valence electrons. The molecule has 23 heavy (non-hydrogen) atoms. The Morgan fingerprint density at radius 3 is 2.91 bits per heavy atom. The van der Waals surface area contributed by atoms with Crippen LogP contribution in [-0.4, -0.2) is 46.5 Å². The van der Waals surface area contributed by atoms with Crippen molar-refractivity contribution < 1.29 is 4.79 Å². The highest BCUT2D eigenvalue weighted by molar-refractivity contribution is 5.96. The Balaban J connectivity index is 1.66. The molecule has 1 amide bonds. The molecule has 0 radical (unpaired) electrons. The molecule has 6 nitrogen and oxygen atoms in total. The van der Waals surface area contributed by atoms with Gasteiger partial charge in [0.05, 0.1) is 11.0 Å². The third kappa shape index (κ3) is 3.42. The Morgan fingerprint density at radius 1 is 1.35 bits per heavy atom. The highest BCUT2D eigenvalue weighted by Crippen LogP contribution is 2.09. The van der Waals surface area contributed by atoms with Crippen molar-refractivity contribution in [1.29, 1.82) is 0 Å². The average molecular weight is 314 g/mol. The van der Waals surface area contributed by atoms with E-state index in [9.17, 15) is 9.59 Å². The summed E-state index contributed by atoms with van der Waals surface area (Å²) >= 11 is 0. The molecule has 0 spiro atoms. The molecule has 3 rings (SSSR count). The molecular weight excluding hydrogens is 292 g/mol. The van der Waals surface area contributed by atoms with Crippen molar-refractivity contribution >= 4 is 16.9 Å². The molecule has 1 aliphatic heterocycles. The summed E-state index contributed by atoms with van der Waals surface area (Å²) in [5.41, 5.74) is 1.24. The monoisotopic (exact) mass is 314 g/mol. The first-order valence-corrected chi connectivity index (χ1v) is 8.12. The fourth-order valence-corrected chi connectivity index (χ4v) is 3.06. The smallest absolute Gasteiger partial charge is 0.263 e. The van der Waals surface area contributed by atoms with Gasteiger partial charge in [0.15, 0.2) is 0 Å².